The van der Waals surface area contributed by atoms with Gasteiger partial charge in [-0.05, 0) is 37.1 Å². The highest BCUT2D eigenvalue weighted by Gasteiger charge is 2.15. The standard InChI is InChI=1S/C17H21ClN4OS/c18-13-9-7-12(8-10-13)16-20-17(22-21-16)24-11-15(23)19-14-5-3-1-2-4-6-14/h7-10,14H,1-6,11H2,(H,19,23)(H,20,21,22). The first-order valence-electron chi connectivity index (χ1n) is 8.31. The Balaban J connectivity index is 1.49. The summed E-state index contributed by atoms with van der Waals surface area (Å²) in [6, 6.07) is 7.72. The first-order valence-corrected chi connectivity index (χ1v) is 9.67. The zero-order valence-electron chi connectivity index (χ0n) is 13.4. The molecule has 1 saturated carbocycles. The van der Waals surface area contributed by atoms with Gasteiger partial charge in [0.25, 0.3) is 0 Å². The van der Waals surface area contributed by atoms with Crippen LogP contribution in [0.1, 0.15) is 38.5 Å². The van der Waals surface area contributed by atoms with E-state index in [9.17, 15) is 4.79 Å². The summed E-state index contributed by atoms with van der Waals surface area (Å²) >= 11 is 7.23. The predicted octanol–water partition coefficient (Wildman–Crippen LogP) is 4.06. The third kappa shape index (κ3) is 4.98. The lowest BCUT2D eigenvalue weighted by Gasteiger charge is -2.15. The van der Waals surface area contributed by atoms with Crippen LogP contribution in [0, 0.1) is 0 Å². The molecule has 1 aliphatic carbocycles. The molecule has 0 atom stereocenters. The lowest BCUT2D eigenvalue weighted by Crippen LogP contribution is -2.35. The van der Waals surface area contributed by atoms with Crippen molar-refractivity contribution < 1.29 is 4.79 Å². The normalized spacial score (nSPS) is 15.9. The van der Waals surface area contributed by atoms with Crippen LogP contribution >= 0.6 is 23.4 Å². The molecule has 1 aliphatic rings. The highest BCUT2D eigenvalue weighted by atomic mass is 35.5. The summed E-state index contributed by atoms with van der Waals surface area (Å²) in [6.45, 7) is 0. The van der Waals surface area contributed by atoms with Crippen LogP contribution in [-0.2, 0) is 4.79 Å². The topological polar surface area (TPSA) is 70.7 Å². The average molecular weight is 365 g/mol. The van der Waals surface area contributed by atoms with E-state index >= 15 is 0 Å². The van der Waals surface area contributed by atoms with Gasteiger partial charge in [-0.2, -0.15) is 0 Å². The minimum atomic E-state index is 0.0599. The Kier molecular flexibility index (Phi) is 6.15. The van der Waals surface area contributed by atoms with Crippen molar-refractivity contribution in [2.24, 2.45) is 0 Å². The number of nitrogens with one attached hydrogen (secondary N) is 2. The summed E-state index contributed by atoms with van der Waals surface area (Å²) in [6.07, 6.45) is 7.18. The number of H-pyrrole nitrogens is 1. The third-order valence-corrected chi connectivity index (χ3v) is 5.23. The van der Waals surface area contributed by atoms with E-state index in [4.69, 9.17) is 11.6 Å². The van der Waals surface area contributed by atoms with Crippen molar-refractivity contribution in [1.29, 1.82) is 0 Å². The zero-order chi connectivity index (χ0) is 16.8. The second kappa shape index (κ2) is 8.53. The molecule has 0 spiro atoms. The van der Waals surface area contributed by atoms with Crippen molar-refractivity contribution >= 4 is 29.3 Å². The molecule has 0 saturated heterocycles. The van der Waals surface area contributed by atoms with Crippen molar-refractivity contribution in [3.63, 3.8) is 0 Å². The van der Waals surface area contributed by atoms with E-state index in [0.717, 1.165) is 18.4 Å². The Morgan fingerprint density at radius 3 is 2.62 bits per heavy atom. The molecular weight excluding hydrogens is 344 g/mol. The Morgan fingerprint density at radius 2 is 1.92 bits per heavy atom. The molecule has 1 fully saturated rings. The number of hydrogen-bond donors (Lipinski definition) is 2. The number of carbonyl (C=O) groups excluding carboxylic acids is 1. The second-order valence-corrected chi connectivity index (χ2v) is 7.40. The molecular formula is C17H21ClN4OS. The van der Waals surface area contributed by atoms with Crippen molar-refractivity contribution in [3.05, 3.63) is 29.3 Å². The first-order chi connectivity index (χ1) is 11.7. The number of aromatic amines is 1. The summed E-state index contributed by atoms with van der Waals surface area (Å²) < 4.78 is 0. The van der Waals surface area contributed by atoms with Gasteiger partial charge in [0.05, 0.1) is 5.75 Å². The van der Waals surface area contributed by atoms with Crippen LogP contribution in [0.15, 0.2) is 29.4 Å². The molecule has 5 nitrogen and oxygen atoms in total. The molecule has 0 radical (unpaired) electrons. The SMILES string of the molecule is O=C(CSc1n[nH]c(-c2ccc(Cl)cc2)n1)NC1CCCCCC1. The molecule has 0 aliphatic heterocycles. The molecule has 3 rings (SSSR count). The Bertz CT molecular complexity index is 665. The maximum Gasteiger partial charge on any atom is 0.230 e. The quantitative estimate of drug-likeness (QED) is 0.620. The van der Waals surface area contributed by atoms with E-state index in [-0.39, 0.29) is 5.91 Å². The summed E-state index contributed by atoms with van der Waals surface area (Å²) in [7, 11) is 0. The van der Waals surface area contributed by atoms with Gasteiger partial charge in [-0.1, -0.05) is 49.0 Å². The number of aromatic nitrogens is 3. The van der Waals surface area contributed by atoms with Gasteiger partial charge >= 0.3 is 0 Å². The van der Waals surface area contributed by atoms with Crippen molar-refractivity contribution in [2.75, 3.05) is 5.75 Å². The van der Waals surface area contributed by atoms with E-state index in [1.807, 2.05) is 24.3 Å². The second-order valence-electron chi connectivity index (χ2n) is 6.02. The minimum Gasteiger partial charge on any atom is -0.353 e. The van der Waals surface area contributed by atoms with Gasteiger partial charge in [0.15, 0.2) is 5.82 Å². The number of rotatable bonds is 5. The van der Waals surface area contributed by atoms with Crippen LogP contribution in [0.4, 0.5) is 0 Å². The van der Waals surface area contributed by atoms with Crippen LogP contribution in [0.3, 0.4) is 0 Å². The minimum absolute atomic E-state index is 0.0599. The van der Waals surface area contributed by atoms with Crippen LogP contribution in [0.2, 0.25) is 5.02 Å². The third-order valence-electron chi connectivity index (χ3n) is 4.14. The Hall–Kier alpha value is -1.53. The Morgan fingerprint density at radius 1 is 1.21 bits per heavy atom. The van der Waals surface area contributed by atoms with E-state index in [0.29, 0.717) is 27.8 Å². The average Bonchev–Trinajstić information content (AvgIpc) is 2.91. The lowest BCUT2D eigenvalue weighted by molar-refractivity contribution is -0.119. The molecule has 1 amide bonds. The fourth-order valence-electron chi connectivity index (χ4n) is 2.87. The van der Waals surface area contributed by atoms with Crippen molar-refractivity contribution in [3.8, 4) is 11.4 Å². The molecule has 1 heterocycles. The van der Waals surface area contributed by atoms with Gasteiger partial charge < -0.3 is 5.32 Å². The molecule has 1 aromatic heterocycles. The maximum atomic E-state index is 12.1. The maximum absolute atomic E-state index is 12.1. The van der Waals surface area contributed by atoms with Crippen LogP contribution < -0.4 is 5.32 Å². The van der Waals surface area contributed by atoms with Crippen LogP contribution in [0.5, 0.6) is 0 Å². The van der Waals surface area contributed by atoms with E-state index in [1.165, 1.54) is 37.4 Å². The number of thioether (sulfide) groups is 1. The van der Waals surface area contributed by atoms with E-state index in [1.54, 1.807) is 0 Å². The van der Waals surface area contributed by atoms with Gasteiger partial charge in [-0.3, -0.25) is 9.89 Å². The largest absolute Gasteiger partial charge is 0.353 e. The van der Waals surface area contributed by atoms with Gasteiger partial charge in [-0.15, -0.1) is 5.10 Å². The molecule has 2 aromatic rings. The summed E-state index contributed by atoms with van der Waals surface area (Å²) in [4.78, 5) is 16.5. The molecule has 2 N–H and O–H groups in total. The fraction of sp³-hybridized carbons (Fsp3) is 0.471. The highest BCUT2D eigenvalue weighted by Crippen LogP contribution is 2.21. The van der Waals surface area contributed by atoms with Gasteiger partial charge in [0.2, 0.25) is 11.1 Å². The Labute approximate surface area is 151 Å². The van der Waals surface area contributed by atoms with Gasteiger partial charge in [0, 0.05) is 16.6 Å². The molecule has 7 heteroatoms. The number of amides is 1. The van der Waals surface area contributed by atoms with Gasteiger partial charge in [-0.25, -0.2) is 4.98 Å². The number of benzene rings is 1. The zero-order valence-corrected chi connectivity index (χ0v) is 15.0. The van der Waals surface area contributed by atoms with Crippen LogP contribution in [-0.4, -0.2) is 32.9 Å². The predicted molar refractivity (Wildman–Crippen MR) is 97.2 cm³/mol. The van der Waals surface area contributed by atoms with E-state index < -0.39 is 0 Å². The lowest BCUT2D eigenvalue weighted by atomic mass is 10.1. The van der Waals surface area contributed by atoms with Crippen LogP contribution in [0.25, 0.3) is 11.4 Å². The van der Waals surface area contributed by atoms with Crippen molar-refractivity contribution in [2.45, 2.75) is 49.7 Å². The molecule has 128 valence electrons. The summed E-state index contributed by atoms with van der Waals surface area (Å²) in [5, 5.41) is 11.5. The first kappa shape index (κ1) is 17.3. The molecule has 0 bridgehead atoms. The molecule has 1 aromatic carbocycles. The number of halogens is 1. The number of hydrogen-bond acceptors (Lipinski definition) is 4. The monoisotopic (exact) mass is 364 g/mol. The van der Waals surface area contributed by atoms with E-state index in [2.05, 4.69) is 20.5 Å². The fourth-order valence-corrected chi connectivity index (χ4v) is 3.61. The van der Waals surface area contributed by atoms with Crippen molar-refractivity contribution in [1.82, 2.24) is 20.5 Å². The summed E-state index contributed by atoms with van der Waals surface area (Å²) in [5.41, 5.74) is 0.918. The number of carbonyl (C=O) groups is 1. The number of nitrogens with zero attached hydrogens (tertiary/aromatic N) is 2. The van der Waals surface area contributed by atoms with Gasteiger partial charge in [0.1, 0.15) is 0 Å². The highest BCUT2D eigenvalue weighted by molar-refractivity contribution is 7.99. The smallest absolute Gasteiger partial charge is 0.230 e. The molecule has 0 unspecified atom stereocenters. The summed E-state index contributed by atoms with van der Waals surface area (Å²) in [5.74, 6) is 1.08. The molecule has 24 heavy (non-hydrogen) atoms.